The number of hydrogen-bond donors (Lipinski definition) is 0. The molecule has 1 unspecified atom stereocenters. The monoisotopic (exact) mass is 369 g/mol. The van der Waals surface area contributed by atoms with Crippen LogP contribution in [0, 0.1) is 5.92 Å². The Morgan fingerprint density at radius 1 is 0.963 bits per heavy atom. The van der Waals surface area contributed by atoms with Gasteiger partial charge >= 0.3 is 0 Å². The second-order valence-electron chi connectivity index (χ2n) is 8.07. The van der Waals surface area contributed by atoms with E-state index in [-0.39, 0.29) is 5.92 Å². The molecule has 146 valence electrons. The number of aromatic nitrogens is 1. The Morgan fingerprint density at radius 2 is 1.70 bits per heavy atom. The van der Waals surface area contributed by atoms with E-state index in [9.17, 15) is 4.79 Å². The van der Waals surface area contributed by atoms with Gasteiger partial charge in [-0.2, -0.15) is 0 Å². The average molecular weight is 370 g/mol. The lowest BCUT2D eigenvalue weighted by atomic mass is 9.91. The predicted octanol–water partition coefficient (Wildman–Crippen LogP) is 3.27. The molecule has 2 aliphatic heterocycles. The van der Waals surface area contributed by atoms with Gasteiger partial charge in [0.15, 0.2) is 0 Å². The first-order valence-corrected chi connectivity index (χ1v) is 10.5. The van der Waals surface area contributed by atoms with Gasteiger partial charge in [-0.15, -0.1) is 0 Å². The van der Waals surface area contributed by atoms with Crippen molar-refractivity contribution < 1.29 is 9.53 Å². The molecule has 4 rings (SSSR count). The lowest BCUT2D eigenvalue weighted by Crippen LogP contribution is -2.51. The quantitative estimate of drug-likeness (QED) is 0.764. The van der Waals surface area contributed by atoms with Gasteiger partial charge in [-0.25, -0.2) is 0 Å². The minimum Gasteiger partial charge on any atom is -0.490 e. The van der Waals surface area contributed by atoms with Crippen molar-refractivity contribution >= 4 is 5.91 Å². The molecule has 3 aliphatic rings. The predicted molar refractivity (Wildman–Crippen MR) is 106 cm³/mol. The SMILES string of the molecule is O=C(C1CC=CCC1)N1CCC(N2CCC(Oc3ccncc3)CC2)CC1. The Balaban J connectivity index is 1.20. The normalized spacial score (nSPS) is 25.5. The zero-order chi connectivity index (χ0) is 18.5. The van der Waals surface area contributed by atoms with Crippen LogP contribution in [-0.4, -0.2) is 59.0 Å². The summed E-state index contributed by atoms with van der Waals surface area (Å²) in [5.74, 6) is 1.54. The van der Waals surface area contributed by atoms with Crippen molar-refractivity contribution in [2.75, 3.05) is 26.2 Å². The summed E-state index contributed by atoms with van der Waals surface area (Å²) < 4.78 is 6.08. The van der Waals surface area contributed by atoms with Crippen molar-refractivity contribution in [2.24, 2.45) is 5.92 Å². The van der Waals surface area contributed by atoms with Gasteiger partial charge < -0.3 is 9.64 Å². The second kappa shape index (κ2) is 8.87. The topological polar surface area (TPSA) is 45.7 Å². The molecule has 5 heteroatoms. The Hall–Kier alpha value is -1.88. The average Bonchev–Trinajstić information content (AvgIpc) is 2.75. The summed E-state index contributed by atoms with van der Waals surface area (Å²) in [6.07, 6.45) is 15.7. The van der Waals surface area contributed by atoms with E-state index in [1.165, 1.54) is 0 Å². The van der Waals surface area contributed by atoms with E-state index in [2.05, 4.69) is 26.9 Å². The van der Waals surface area contributed by atoms with E-state index >= 15 is 0 Å². The van der Waals surface area contributed by atoms with Crippen LogP contribution in [0.2, 0.25) is 0 Å². The number of likely N-dealkylation sites (tertiary alicyclic amines) is 2. The van der Waals surface area contributed by atoms with Crippen LogP contribution in [0.4, 0.5) is 0 Å². The van der Waals surface area contributed by atoms with Crippen LogP contribution in [0.5, 0.6) is 5.75 Å². The Labute approximate surface area is 162 Å². The van der Waals surface area contributed by atoms with Crippen molar-refractivity contribution in [3.05, 3.63) is 36.7 Å². The third-order valence-corrected chi connectivity index (χ3v) is 6.34. The molecule has 0 spiro atoms. The van der Waals surface area contributed by atoms with Crippen molar-refractivity contribution in [2.45, 2.75) is 57.1 Å². The molecule has 0 aromatic carbocycles. The van der Waals surface area contributed by atoms with E-state index < -0.39 is 0 Å². The van der Waals surface area contributed by atoms with E-state index in [0.29, 0.717) is 18.1 Å². The molecule has 1 atom stereocenters. The zero-order valence-corrected chi connectivity index (χ0v) is 16.1. The van der Waals surface area contributed by atoms with Crippen molar-refractivity contribution in [1.82, 2.24) is 14.8 Å². The number of carbonyl (C=O) groups is 1. The van der Waals surface area contributed by atoms with Gasteiger partial charge in [0.25, 0.3) is 0 Å². The van der Waals surface area contributed by atoms with E-state index in [4.69, 9.17) is 4.74 Å². The maximum Gasteiger partial charge on any atom is 0.226 e. The molecule has 2 fully saturated rings. The molecule has 27 heavy (non-hydrogen) atoms. The number of carbonyl (C=O) groups excluding carboxylic acids is 1. The fourth-order valence-corrected chi connectivity index (χ4v) is 4.70. The maximum absolute atomic E-state index is 12.7. The smallest absolute Gasteiger partial charge is 0.226 e. The molecule has 5 nitrogen and oxygen atoms in total. The Bertz CT molecular complexity index is 632. The molecule has 0 bridgehead atoms. The maximum atomic E-state index is 12.7. The van der Waals surface area contributed by atoms with Gasteiger partial charge in [-0.05, 0) is 57.1 Å². The van der Waals surface area contributed by atoms with E-state index in [1.54, 1.807) is 12.4 Å². The molecular formula is C22H31N3O2. The fourth-order valence-electron chi connectivity index (χ4n) is 4.70. The summed E-state index contributed by atoms with van der Waals surface area (Å²) >= 11 is 0. The molecule has 2 saturated heterocycles. The molecule has 1 aromatic heterocycles. The van der Waals surface area contributed by atoms with Gasteiger partial charge in [-0.1, -0.05) is 12.2 Å². The molecular weight excluding hydrogens is 338 g/mol. The van der Waals surface area contributed by atoms with Crippen molar-refractivity contribution in [3.8, 4) is 5.75 Å². The summed E-state index contributed by atoms with van der Waals surface area (Å²) in [4.78, 5) is 21.5. The van der Waals surface area contributed by atoms with Crippen LogP contribution in [0.15, 0.2) is 36.7 Å². The fraction of sp³-hybridized carbons (Fsp3) is 0.636. The zero-order valence-electron chi connectivity index (χ0n) is 16.1. The third-order valence-electron chi connectivity index (χ3n) is 6.34. The number of hydrogen-bond acceptors (Lipinski definition) is 4. The van der Waals surface area contributed by atoms with Gasteiger partial charge in [0.1, 0.15) is 11.9 Å². The van der Waals surface area contributed by atoms with Crippen LogP contribution in [-0.2, 0) is 4.79 Å². The van der Waals surface area contributed by atoms with Crippen molar-refractivity contribution in [3.63, 3.8) is 0 Å². The Morgan fingerprint density at radius 3 is 2.37 bits per heavy atom. The summed E-state index contributed by atoms with van der Waals surface area (Å²) in [5.41, 5.74) is 0. The highest BCUT2D eigenvalue weighted by Gasteiger charge is 2.32. The lowest BCUT2D eigenvalue weighted by molar-refractivity contribution is -0.137. The lowest BCUT2D eigenvalue weighted by Gasteiger charge is -2.42. The molecule has 0 saturated carbocycles. The number of pyridine rings is 1. The minimum absolute atomic E-state index is 0.229. The molecule has 0 radical (unpaired) electrons. The third kappa shape index (κ3) is 4.70. The minimum atomic E-state index is 0.229. The highest BCUT2D eigenvalue weighted by atomic mass is 16.5. The summed E-state index contributed by atoms with van der Waals surface area (Å²) in [6.45, 7) is 4.05. The molecule has 1 aliphatic carbocycles. The molecule has 1 aromatic rings. The highest BCUT2D eigenvalue weighted by molar-refractivity contribution is 5.79. The molecule has 1 amide bonds. The number of nitrogens with zero attached hydrogens (tertiary/aromatic N) is 3. The van der Waals surface area contributed by atoms with Crippen LogP contribution in [0.1, 0.15) is 44.9 Å². The van der Waals surface area contributed by atoms with Gasteiger partial charge in [0.2, 0.25) is 5.91 Å². The largest absolute Gasteiger partial charge is 0.490 e. The first kappa shape index (κ1) is 18.5. The summed E-state index contributed by atoms with van der Waals surface area (Å²) in [6, 6.07) is 4.49. The van der Waals surface area contributed by atoms with E-state index in [0.717, 1.165) is 76.9 Å². The number of piperidine rings is 2. The first-order valence-electron chi connectivity index (χ1n) is 10.5. The first-order chi connectivity index (χ1) is 13.3. The van der Waals surface area contributed by atoms with Crippen LogP contribution >= 0.6 is 0 Å². The second-order valence-corrected chi connectivity index (χ2v) is 8.07. The van der Waals surface area contributed by atoms with Gasteiger partial charge in [0.05, 0.1) is 0 Å². The van der Waals surface area contributed by atoms with Gasteiger partial charge in [-0.3, -0.25) is 14.7 Å². The van der Waals surface area contributed by atoms with Crippen LogP contribution in [0.3, 0.4) is 0 Å². The molecule has 3 heterocycles. The summed E-state index contributed by atoms with van der Waals surface area (Å²) in [7, 11) is 0. The number of rotatable bonds is 4. The molecule has 0 N–H and O–H groups in total. The summed E-state index contributed by atoms with van der Waals surface area (Å²) in [5, 5.41) is 0. The standard InChI is InChI=1S/C22H31N3O2/c26-22(18-4-2-1-3-5-18)25-14-8-19(9-15-25)24-16-10-21(11-17-24)27-20-6-12-23-13-7-20/h1-2,6-7,12-13,18-19,21H,3-5,8-11,14-17H2. The number of allylic oxidation sites excluding steroid dienone is 2. The number of amides is 1. The Kier molecular flexibility index (Phi) is 6.07. The van der Waals surface area contributed by atoms with Crippen LogP contribution < -0.4 is 4.74 Å². The van der Waals surface area contributed by atoms with E-state index in [1.807, 2.05) is 12.1 Å². The van der Waals surface area contributed by atoms with Crippen LogP contribution in [0.25, 0.3) is 0 Å². The van der Waals surface area contributed by atoms with Gasteiger partial charge in [0, 0.05) is 50.5 Å². The highest BCUT2D eigenvalue weighted by Crippen LogP contribution is 2.26. The van der Waals surface area contributed by atoms with Crippen molar-refractivity contribution in [1.29, 1.82) is 0 Å². The number of ether oxygens (including phenoxy) is 1.